The highest BCUT2D eigenvalue weighted by Gasteiger charge is 2.08. The highest BCUT2D eigenvalue weighted by molar-refractivity contribution is 5.77. The molecule has 0 spiro atoms. The molecule has 0 fully saturated rings. The quantitative estimate of drug-likeness (QED) is 0.575. The molecule has 0 radical (unpaired) electrons. The number of rotatable bonds is 4. The van der Waals surface area contributed by atoms with Gasteiger partial charge in [-0.2, -0.15) is 0 Å². The van der Waals surface area contributed by atoms with E-state index in [1.165, 1.54) is 18.7 Å². The smallest absolute Gasteiger partial charge is 0.222 e. The number of amides is 3. The van der Waals surface area contributed by atoms with Gasteiger partial charge in [0.2, 0.25) is 17.7 Å². The van der Waals surface area contributed by atoms with E-state index in [9.17, 15) is 14.4 Å². The molecule has 2 N–H and O–H groups in total. The molecule has 0 heterocycles. The largest absolute Gasteiger partial charge is 0.339 e. The van der Waals surface area contributed by atoms with Gasteiger partial charge in [0.15, 0.2) is 0 Å². The van der Waals surface area contributed by atoms with Crippen molar-refractivity contribution in [3.05, 3.63) is 0 Å². The Hall–Kier alpha value is -1.59. The third-order valence-electron chi connectivity index (χ3n) is 1.39. The molecule has 6 heteroatoms. The molecular formula is C8H15N3O3. The minimum absolute atomic E-state index is 0.00662. The normalized spacial score (nSPS) is 10.0. The van der Waals surface area contributed by atoms with E-state index < -0.39 is 12.8 Å². The van der Waals surface area contributed by atoms with Crippen LogP contribution in [0.1, 0.15) is 22.1 Å². The van der Waals surface area contributed by atoms with Crippen LogP contribution in [0.5, 0.6) is 0 Å². The third kappa shape index (κ3) is 5.99. The zero-order chi connectivity index (χ0) is 11.8. The van der Waals surface area contributed by atoms with Crippen molar-refractivity contribution >= 4 is 17.7 Å². The second kappa shape index (κ2) is 5.95. The minimum Gasteiger partial charge on any atom is -0.339 e. The minimum atomic E-state index is -0.461. The van der Waals surface area contributed by atoms with Crippen molar-refractivity contribution in [1.29, 1.82) is 0 Å². The van der Waals surface area contributed by atoms with Gasteiger partial charge in [-0.05, 0) is 0 Å². The molecule has 0 saturated heterocycles. The summed E-state index contributed by atoms with van der Waals surface area (Å²) in [5.74, 6) is -1.02. The summed E-state index contributed by atoms with van der Waals surface area (Å²) in [6, 6.07) is 0. The van der Waals surface area contributed by atoms with Crippen LogP contribution in [0.2, 0.25) is 0 Å². The monoisotopic (exact) mass is 202 g/mol. The van der Waals surface area contributed by atoms with Crippen LogP contribution in [0, 0.1) is 0 Å². The van der Waals surface area contributed by atoms with Gasteiger partial charge in [0.1, 0.15) is 0 Å². The number of hydrogen-bond donors (Lipinski definition) is 2. The molecule has 0 unspecified atom stereocenters. The van der Waals surface area contributed by atoms with E-state index in [0.29, 0.717) is 0 Å². The number of nitrogens with one attached hydrogen (secondary N) is 2. The van der Waals surface area contributed by atoms with E-state index in [-0.39, 0.29) is 25.2 Å². The number of carbonyl (C=O) groups excluding carboxylic acids is 3. The lowest BCUT2D eigenvalue weighted by Crippen LogP contribution is -2.45. The zero-order valence-electron chi connectivity index (χ0n) is 9.29. The molecule has 0 aromatic rings. The first-order chi connectivity index (χ1) is 6.97. The molecule has 0 rings (SSSR count). The lowest BCUT2D eigenvalue weighted by Gasteiger charge is -2.20. The third-order valence-corrected chi connectivity index (χ3v) is 1.39. The Morgan fingerprint density at radius 1 is 1.14 bits per heavy atom. The maximum atomic E-state index is 11.2. The lowest BCUT2D eigenvalue weighted by atomic mass is 10.5. The van der Waals surface area contributed by atoms with Gasteiger partial charge in [-0.1, -0.05) is 0 Å². The Labute approximate surface area is 84.0 Å². The molecule has 0 aliphatic heterocycles. The number of carbonyl (C=O) groups is 3. The summed E-state index contributed by atoms with van der Waals surface area (Å²) in [5.41, 5.74) is 0. The molecule has 80 valence electrons. The van der Waals surface area contributed by atoms with Crippen molar-refractivity contribution in [3.8, 4) is 0 Å². The van der Waals surface area contributed by atoms with Gasteiger partial charge in [-0.25, -0.2) is 0 Å². The molecule has 0 aliphatic rings. The Kier molecular flexibility index (Phi) is 4.46. The van der Waals surface area contributed by atoms with Crippen molar-refractivity contribution < 1.29 is 15.8 Å². The zero-order valence-corrected chi connectivity index (χ0v) is 8.29. The summed E-state index contributed by atoms with van der Waals surface area (Å²) in [6.07, 6.45) is 0. The molecule has 6 nitrogen and oxygen atoms in total. The number of nitrogens with zero attached hydrogens (tertiary/aromatic N) is 1. The highest BCUT2D eigenvalue weighted by atomic mass is 16.2. The summed E-state index contributed by atoms with van der Waals surface area (Å²) >= 11 is 0. The molecule has 3 amide bonds. The van der Waals surface area contributed by atoms with Crippen LogP contribution < -0.4 is 10.6 Å². The second-order valence-corrected chi connectivity index (χ2v) is 2.72. The Balaban J connectivity index is 4.12. The average molecular weight is 202 g/mol. The predicted octanol–water partition coefficient (Wildman–Crippen LogP) is -0.978. The van der Waals surface area contributed by atoms with Gasteiger partial charge < -0.3 is 15.5 Å². The first kappa shape index (κ1) is 10.5. The molecule has 0 saturated carbocycles. The van der Waals surface area contributed by atoms with E-state index in [0.717, 1.165) is 0 Å². The van der Waals surface area contributed by atoms with Gasteiger partial charge in [0.05, 0.1) is 13.3 Å². The topological polar surface area (TPSA) is 78.5 Å². The highest BCUT2D eigenvalue weighted by Crippen LogP contribution is 1.84. The maximum absolute atomic E-state index is 11.2. The summed E-state index contributed by atoms with van der Waals surface area (Å²) in [6.45, 7) is 2.21. The molecule has 0 bridgehead atoms. The summed E-state index contributed by atoms with van der Waals surface area (Å²) in [5, 5.41) is 4.83. The second-order valence-electron chi connectivity index (χ2n) is 2.72. The molecule has 0 atom stereocenters. The van der Waals surface area contributed by atoms with Crippen LogP contribution in [-0.2, 0) is 14.4 Å². The van der Waals surface area contributed by atoms with Gasteiger partial charge in [0, 0.05) is 22.1 Å². The Bertz CT molecular complexity index is 240. The Morgan fingerprint density at radius 2 is 1.57 bits per heavy atom. The van der Waals surface area contributed by atoms with Crippen molar-refractivity contribution in [2.75, 3.05) is 13.3 Å². The fraction of sp³-hybridized carbons (Fsp3) is 0.625. The van der Waals surface area contributed by atoms with E-state index in [1.54, 1.807) is 0 Å². The molecule has 0 aliphatic carbocycles. The van der Waals surface area contributed by atoms with Gasteiger partial charge in [-0.15, -0.1) is 0 Å². The van der Waals surface area contributed by atoms with Crippen molar-refractivity contribution in [3.63, 3.8) is 0 Å². The lowest BCUT2D eigenvalue weighted by molar-refractivity contribution is -0.131. The first-order valence-corrected chi connectivity index (χ1v) is 4.03. The fourth-order valence-corrected chi connectivity index (χ4v) is 0.646. The summed E-state index contributed by atoms with van der Waals surface area (Å²) in [4.78, 5) is 33.6. The summed E-state index contributed by atoms with van der Waals surface area (Å²) < 4.78 is 6.89. The SMILES string of the molecule is [2H]CC(=O)N(CNC(C)=O)CNC(C)=O. The van der Waals surface area contributed by atoms with Gasteiger partial charge >= 0.3 is 0 Å². The van der Waals surface area contributed by atoms with Crippen LogP contribution in [0.3, 0.4) is 0 Å². The van der Waals surface area contributed by atoms with Crippen molar-refractivity contribution in [1.82, 2.24) is 15.5 Å². The van der Waals surface area contributed by atoms with Crippen LogP contribution in [0.25, 0.3) is 0 Å². The van der Waals surface area contributed by atoms with E-state index in [4.69, 9.17) is 1.37 Å². The molecule has 0 aromatic heterocycles. The van der Waals surface area contributed by atoms with E-state index >= 15 is 0 Å². The van der Waals surface area contributed by atoms with Crippen LogP contribution in [-0.4, -0.2) is 36.0 Å². The summed E-state index contributed by atoms with van der Waals surface area (Å²) in [7, 11) is 0. The molecular weight excluding hydrogens is 186 g/mol. The van der Waals surface area contributed by atoms with Crippen molar-refractivity contribution in [2.45, 2.75) is 20.7 Å². The Morgan fingerprint density at radius 3 is 1.86 bits per heavy atom. The first-order valence-electron chi connectivity index (χ1n) is 4.74. The van der Waals surface area contributed by atoms with E-state index in [2.05, 4.69) is 10.6 Å². The van der Waals surface area contributed by atoms with Crippen LogP contribution >= 0.6 is 0 Å². The predicted molar refractivity (Wildman–Crippen MR) is 49.9 cm³/mol. The van der Waals surface area contributed by atoms with Crippen molar-refractivity contribution in [2.24, 2.45) is 0 Å². The number of hydrogen-bond acceptors (Lipinski definition) is 3. The maximum Gasteiger partial charge on any atom is 0.222 e. The van der Waals surface area contributed by atoms with Gasteiger partial charge in [0.25, 0.3) is 0 Å². The fourth-order valence-electron chi connectivity index (χ4n) is 0.646. The average Bonchev–Trinajstić information content (AvgIpc) is 2.16. The molecule has 0 aromatic carbocycles. The standard InChI is InChI=1S/C8H15N3O3/c1-6(12)9-4-11(8(3)14)5-10-7(2)13/h4-5H2,1-3H3,(H,9,12)(H,10,13)/i3D. The van der Waals surface area contributed by atoms with Crippen LogP contribution in [0.15, 0.2) is 0 Å². The van der Waals surface area contributed by atoms with Gasteiger partial charge in [-0.3, -0.25) is 14.4 Å². The van der Waals surface area contributed by atoms with E-state index in [1.807, 2.05) is 0 Å². The molecule has 14 heavy (non-hydrogen) atoms. The van der Waals surface area contributed by atoms with Crippen LogP contribution in [0.4, 0.5) is 0 Å².